The molecule has 0 fully saturated rings. The molecule has 1 unspecified atom stereocenters. The van der Waals surface area contributed by atoms with E-state index in [1.807, 2.05) is 78.9 Å². The maximum absolute atomic E-state index is 11.6. The van der Waals surface area contributed by atoms with Crippen LogP contribution in [0, 0.1) is 0 Å². The maximum atomic E-state index is 11.6. The van der Waals surface area contributed by atoms with E-state index in [1.165, 1.54) is 11.8 Å². The SMILES string of the molecule is O=C(O)C1([c-]2cccc2)Nc2ccccc2S1.[Fe+2].c1cc[cH-]c1. The van der Waals surface area contributed by atoms with Crippen molar-refractivity contribution in [3.8, 4) is 0 Å². The number of thioether (sulfide) groups is 1. The fourth-order valence-electron chi connectivity index (χ4n) is 2.32. The van der Waals surface area contributed by atoms with Gasteiger partial charge < -0.3 is 10.4 Å². The quantitative estimate of drug-likeness (QED) is 0.526. The largest absolute Gasteiger partial charge is 2.00 e. The van der Waals surface area contributed by atoms with E-state index in [0.29, 0.717) is 0 Å². The summed E-state index contributed by atoms with van der Waals surface area (Å²) in [6.07, 6.45) is 0. The maximum Gasteiger partial charge on any atom is 2.00 e. The Morgan fingerprint density at radius 2 is 1.74 bits per heavy atom. The van der Waals surface area contributed by atoms with Gasteiger partial charge in [0.25, 0.3) is 0 Å². The molecule has 0 aliphatic carbocycles. The van der Waals surface area contributed by atoms with Crippen molar-refractivity contribution >= 4 is 23.4 Å². The summed E-state index contributed by atoms with van der Waals surface area (Å²) in [4.78, 5) is 11.5. The Kier molecular flexibility index (Phi) is 5.72. The molecule has 3 aromatic rings. The fraction of sp³-hybridized carbons (Fsp3) is 0.0556. The number of nitrogens with one attached hydrogen (secondary N) is 1. The number of hydrogen-bond donors (Lipinski definition) is 2. The van der Waals surface area contributed by atoms with Crippen LogP contribution in [0.1, 0.15) is 5.56 Å². The molecule has 4 rings (SSSR count). The molecular formula is C18H15FeNO2S. The molecule has 0 aromatic heterocycles. The zero-order valence-corrected chi connectivity index (χ0v) is 14.0. The molecule has 23 heavy (non-hydrogen) atoms. The molecule has 2 N–H and O–H groups in total. The van der Waals surface area contributed by atoms with Crippen LogP contribution in [0.15, 0.2) is 83.8 Å². The molecule has 5 heteroatoms. The third kappa shape index (κ3) is 3.53. The average molecular weight is 365 g/mol. The first kappa shape index (κ1) is 17.4. The third-order valence-corrected chi connectivity index (χ3v) is 4.78. The monoisotopic (exact) mass is 365 g/mol. The molecule has 118 valence electrons. The summed E-state index contributed by atoms with van der Waals surface area (Å²) in [5.74, 6) is -0.870. The van der Waals surface area contributed by atoms with Crippen molar-refractivity contribution in [2.45, 2.75) is 9.77 Å². The second-order valence-corrected chi connectivity index (χ2v) is 6.10. The predicted molar refractivity (Wildman–Crippen MR) is 89.3 cm³/mol. The zero-order chi connectivity index (χ0) is 15.4. The minimum absolute atomic E-state index is 0. The van der Waals surface area contributed by atoms with E-state index < -0.39 is 10.8 Å². The third-order valence-electron chi connectivity index (χ3n) is 3.39. The van der Waals surface area contributed by atoms with E-state index in [0.717, 1.165) is 16.1 Å². The van der Waals surface area contributed by atoms with Gasteiger partial charge in [0.2, 0.25) is 0 Å². The molecule has 0 bridgehead atoms. The molecule has 1 heterocycles. The second kappa shape index (κ2) is 7.55. The second-order valence-electron chi connectivity index (χ2n) is 4.85. The fourth-order valence-corrected chi connectivity index (χ4v) is 3.53. The van der Waals surface area contributed by atoms with E-state index >= 15 is 0 Å². The van der Waals surface area contributed by atoms with Crippen molar-refractivity contribution < 1.29 is 27.0 Å². The molecule has 0 saturated carbocycles. The van der Waals surface area contributed by atoms with Gasteiger partial charge in [-0.05, 0) is 12.1 Å². The summed E-state index contributed by atoms with van der Waals surface area (Å²) >= 11 is 1.34. The van der Waals surface area contributed by atoms with Gasteiger partial charge in [-0.25, -0.2) is 29.1 Å². The Labute approximate surface area is 149 Å². The van der Waals surface area contributed by atoms with Gasteiger partial charge in [-0.1, -0.05) is 23.9 Å². The van der Waals surface area contributed by atoms with Crippen LogP contribution >= 0.6 is 11.8 Å². The van der Waals surface area contributed by atoms with E-state index in [4.69, 9.17) is 0 Å². The van der Waals surface area contributed by atoms with Gasteiger partial charge in [0.15, 0.2) is 4.87 Å². The van der Waals surface area contributed by atoms with Crippen molar-refractivity contribution in [3.05, 3.63) is 84.4 Å². The molecule has 0 saturated heterocycles. The Morgan fingerprint density at radius 1 is 1.09 bits per heavy atom. The Bertz CT molecular complexity index is 696. The van der Waals surface area contributed by atoms with Gasteiger partial charge in [-0.3, -0.25) is 0 Å². The molecule has 3 nitrogen and oxygen atoms in total. The smallest absolute Gasteiger partial charge is 0.479 e. The first-order chi connectivity index (χ1) is 10.7. The van der Waals surface area contributed by atoms with Crippen LogP contribution in [0.4, 0.5) is 5.69 Å². The van der Waals surface area contributed by atoms with Gasteiger partial charge in [-0.2, -0.15) is 30.3 Å². The predicted octanol–water partition coefficient (Wildman–Crippen LogP) is 4.26. The van der Waals surface area contributed by atoms with Crippen LogP contribution in [-0.2, 0) is 26.7 Å². The van der Waals surface area contributed by atoms with Crippen LogP contribution < -0.4 is 5.32 Å². The van der Waals surface area contributed by atoms with Gasteiger partial charge in [0.05, 0.1) is 0 Å². The average Bonchev–Trinajstić information content (AvgIpc) is 3.27. The molecule has 0 radical (unpaired) electrons. The van der Waals surface area contributed by atoms with Gasteiger partial charge >= 0.3 is 23.0 Å². The van der Waals surface area contributed by atoms with Crippen molar-refractivity contribution in [1.82, 2.24) is 0 Å². The number of fused-ring (bicyclic) bond motifs is 1. The number of carboxylic acid groups (broad SMARTS) is 1. The molecule has 1 aliphatic heterocycles. The van der Waals surface area contributed by atoms with Crippen molar-refractivity contribution in [3.63, 3.8) is 0 Å². The van der Waals surface area contributed by atoms with E-state index in [9.17, 15) is 9.90 Å². The van der Waals surface area contributed by atoms with E-state index in [-0.39, 0.29) is 17.1 Å². The molecule has 0 spiro atoms. The van der Waals surface area contributed by atoms with Crippen LogP contribution in [0.25, 0.3) is 0 Å². The summed E-state index contributed by atoms with van der Waals surface area (Å²) in [7, 11) is 0. The van der Waals surface area contributed by atoms with Crippen molar-refractivity contribution in [2.24, 2.45) is 0 Å². The number of benzene rings is 1. The molecular weight excluding hydrogens is 350 g/mol. The van der Waals surface area contributed by atoms with Crippen LogP contribution in [0.2, 0.25) is 0 Å². The van der Waals surface area contributed by atoms with Gasteiger partial charge in [0.1, 0.15) is 0 Å². The Hall–Kier alpha value is -1.94. The summed E-state index contributed by atoms with van der Waals surface area (Å²) < 4.78 is 0. The normalized spacial score (nSPS) is 17.9. The number of carbonyl (C=O) groups is 1. The number of carboxylic acids is 1. The van der Waals surface area contributed by atoms with E-state index in [2.05, 4.69) is 5.32 Å². The van der Waals surface area contributed by atoms with Crippen LogP contribution in [0.5, 0.6) is 0 Å². The Morgan fingerprint density at radius 3 is 2.26 bits per heavy atom. The molecule has 0 amide bonds. The number of para-hydroxylation sites is 1. The van der Waals surface area contributed by atoms with Crippen LogP contribution in [0.3, 0.4) is 0 Å². The van der Waals surface area contributed by atoms with Gasteiger partial charge in [-0.15, -0.1) is 5.56 Å². The zero-order valence-electron chi connectivity index (χ0n) is 12.1. The number of anilines is 1. The first-order valence-electron chi connectivity index (χ1n) is 6.91. The number of aliphatic carboxylic acids is 1. The van der Waals surface area contributed by atoms with Crippen molar-refractivity contribution in [2.75, 3.05) is 5.32 Å². The van der Waals surface area contributed by atoms with Crippen molar-refractivity contribution in [1.29, 1.82) is 0 Å². The number of hydrogen-bond acceptors (Lipinski definition) is 3. The number of rotatable bonds is 2. The Balaban J connectivity index is 0.000000276. The topological polar surface area (TPSA) is 49.3 Å². The standard InChI is InChI=1S/C13H10NO2S.C5H5.Fe/c15-12(16)13(9-5-1-2-6-9)14-10-7-3-4-8-11(10)17-13;1-2-4-5-3-1;/h1-8,14H,(H,15,16);1-5H;/q2*-1;+2. The summed E-state index contributed by atoms with van der Waals surface area (Å²) in [5, 5.41) is 12.6. The van der Waals surface area contributed by atoms with Crippen LogP contribution in [-0.4, -0.2) is 11.1 Å². The summed E-state index contributed by atoms with van der Waals surface area (Å²) in [5.41, 5.74) is 1.65. The minimum atomic E-state index is -1.09. The van der Waals surface area contributed by atoms with Gasteiger partial charge in [0, 0.05) is 10.6 Å². The van der Waals surface area contributed by atoms with E-state index in [1.54, 1.807) is 0 Å². The molecule has 1 atom stereocenters. The molecule has 1 aliphatic rings. The minimum Gasteiger partial charge on any atom is -0.479 e. The summed E-state index contributed by atoms with van der Waals surface area (Å²) in [6.45, 7) is 0. The summed E-state index contributed by atoms with van der Waals surface area (Å²) in [6, 6.07) is 25.0. The first-order valence-corrected chi connectivity index (χ1v) is 7.72. The molecule has 3 aromatic carbocycles.